The van der Waals surface area contributed by atoms with Crippen LogP contribution in [-0.4, -0.2) is 16.2 Å². The summed E-state index contributed by atoms with van der Waals surface area (Å²) in [5.41, 5.74) is 10.6. The van der Waals surface area contributed by atoms with Gasteiger partial charge in [0.2, 0.25) is 0 Å². The minimum atomic E-state index is -0.281. The Morgan fingerprint density at radius 2 is 1.09 bits per heavy atom. The SMILES string of the molecule is c1ccc(C2N=C(c3ccc(-c4ccc(-n5c6ccccc6c6cc7ccccc7cc65)cc4)cc3)N=C(c3ccc4oc5ccccc5c4c3)N2)cc1. The average Bonchev–Trinajstić information content (AvgIpc) is 3.78. The highest BCUT2D eigenvalue weighted by Gasteiger charge is 2.22. The van der Waals surface area contributed by atoms with Crippen molar-refractivity contribution in [2.24, 2.45) is 9.98 Å². The Labute approximate surface area is 311 Å². The average molecular weight is 693 g/mol. The van der Waals surface area contributed by atoms with Crippen molar-refractivity contribution in [3.05, 3.63) is 199 Å². The van der Waals surface area contributed by atoms with Crippen LogP contribution >= 0.6 is 0 Å². The minimum absolute atomic E-state index is 0.281. The number of nitrogens with one attached hydrogen (secondary N) is 1. The molecule has 1 unspecified atom stereocenters. The predicted octanol–water partition coefficient (Wildman–Crippen LogP) is 12.0. The van der Waals surface area contributed by atoms with Crippen molar-refractivity contribution in [3.63, 3.8) is 0 Å². The standard InChI is InChI=1S/C49H32N4O/c1-2-10-33(11-3-1)47-50-48(52-49(51-47)37-24-27-46-42(29-37)40-15-7-9-17-45(40)54-46)34-20-18-31(19-21-34)32-22-25-38(26-23-32)53-43-16-8-6-14-39(43)41-28-35-12-4-5-13-36(35)30-44(41)53/h1-30,47H,(H,50,51,52). The molecule has 0 saturated carbocycles. The number of rotatable bonds is 5. The summed E-state index contributed by atoms with van der Waals surface area (Å²) >= 11 is 0. The van der Waals surface area contributed by atoms with E-state index in [0.717, 1.165) is 61.3 Å². The summed E-state index contributed by atoms with van der Waals surface area (Å²) in [7, 11) is 0. The summed E-state index contributed by atoms with van der Waals surface area (Å²) in [5, 5.41) is 10.8. The summed E-state index contributed by atoms with van der Waals surface area (Å²) in [6.45, 7) is 0. The van der Waals surface area contributed by atoms with Crippen LogP contribution in [-0.2, 0) is 0 Å². The molecule has 1 aliphatic heterocycles. The molecule has 1 N–H and O–H groups in total. The second-order valence-corrected chi connectivity index (χ2v) is 13.9. The Morgan fingerprint density at radius 3 is 1.91 bits per heavy atom. The maximum atomic E-state index is 6.11. The smallest absolute Gasteiger partial charge is 0.159 e. The summed E-state index contributed by atoms with van der Waals surface area (Å²) in [6, 6.07) is 64.1. The van der Waals surface area contributed by atoms with Gasteiger partial charge in [-0.2, -0.15) is 0 Å². The molecule has 0 aliphatic carbocycles. The Morgan fingerprint density at radius 1 is 0.463 bits per heavy atom. The van der Waals surface area contributed by atoms with Gasteiger partial charge in [-0.3, -0.25) is 0 Å². The molecule has 1 atom stereocenters. The second kappa shape index (κ2) is 12.2. The largest absolute Gasteiger partial charge is 0.456 e. The van der Waals surface area contributed by atoms with E-state index in [0.29, 0.717) is 5.84 Å². The molecule has 5 nitrogen and oxygen atoms in total. The Kier molecular flexibility index (Phi) is 6.85. The van der Waals surface area contributed by atoms with E-state index in [1.165, 1.54) is 32.6 Å². The normalized spacial score (nSPS) is 14.5. The maximum Gasteiger partial charge on any atom is 0.159 e. The predicted molar refractivity (Wildman–Crippen MR) is 223 cm³/mol. The number of benzene rings is 8. The van der Waals surface area contributed by atoms with Crippen LogP contribution in [0.15, 0.2) is 196 Å². The molecule has 0 radical (unpaired) electrons. The first-order valence-corrected chi connectivity index (χ1v) is 18.3. The van der Waals surface area contributed by atoms with E-state index < -0.39 is 0 Å². The van der Waals surface area contributed by atoms with Crippen LogP contribution in [0.4, 0.5) is 0 Å². The zero-order valence-electron chi connectivity index (χ0n) is 29.1. The van der Waals surface area contributed by atoms with Gasteiger partial charge in [-0.15, -0.1) is 0 Å². The number of furan rings is 1. The molecule has 0 bridgehead atoms. The van der Waals surface area contributed by atoms with E-state index in [1.54, 1.807) is 0 Å². The molecule has 10 aromatic rings. The van der Waals surface area contributed by atoms with E-state index in [1.807, 2.05) is 42.5 Å². The van der Waals surface area contributed by atoms with Crippen molar-refractivity contribution in [3.8, 4) is 16.8 Å². The number of aromatic nitrogens is 1. The van der Waals surface area contributed by atoms with Crippen molar-refractivity contribution in [1.29, 1.82) is 0 Å². The highest BCUT2D eigenvalue weighted by atomic mass is 16.3. The molecular formula is C49H32N4O. The van der Waals surface area contributed by atoms with Gasteiger partial charge in [0, 0.05) is 38.4 Å². The fourth-order valence-electron chi connectivity index (χ4n) is 7.95. The molecule has 2 aromatic heterocycles. The lowest BCUT2D eigenvalue weighted by Gasteiger charge is -2.23. The number of aliphatic imine (C=N–C) groups is 2. The second-order valence-electron chi connectivity index (χ2n) is 13.9. The quantitative estimate of drug-likeness (QED) is 0.195. The molecule has 5 heteroatoms. The Hall–Kier alpha value is -7.24. The molecule has 0 fully saturated rings. The van der Waals surface area contributed by atoms with Gasteiger partial charge in [0.1, 0.15) is 23.2 Å². The number of fused-ring (bicyclic) bond motifs is 7. The lowest BCUT2D eigenvalue weighted by molar-refractivity contribution is 0.668. The van der Waals surface area contributed by atoms with Crippen molar-refractivity contribution < 1.29 is 4.42 Å². The molecule has 0 spiro atoms. The topological polar surface area (TPSA) is 54.8 Å². The molecule has 0 saturated heterocycles. The lowest BCUT2D eigenvalue weighted by atomic mass is 10.0. The van der Waals surface area contributed by atoms with Crippen molar-refractivity contribution in [2.75, 3.05) is 0 Å². The number of amidine groups is 2. The molecule has 8 aromatic carbocycles. The van der Waals surface area contributed by atoms with E-state index in [9.17, 15) is 0 Å². The van der Waals surface area contributed by atoms with Crippen LogP contribution in [0.25, 0.3) is 71.3 Å². The van der Waals surface area contributed by atoms with E-state index in [-0.39, 0.29) is 6.17 Å². The first-order chi connectivity index (χ1) is 26.7. The minimum Gasteiger partial charge on any atom is -0.456 e. The van der Waals surface area contributed by atoms with Crippen LogP contribution < -0.4 is 5.32 Å². The monoisotopic (exact) mass is 692 g/mol. The van der Waals surface area contributed by atoms with E-state index >= 15 is 0 Å². The lowest BCUT2D eigenvalue weighted by Crippen LogP contribution is -2.33. The van der Waals surface area contributed by atoms with Crippen LogP contribution in [0, 0.1) is 0 Å². The number of hydrogen-bond acceptors (Lipinski definition) is 4. The zero-order chi connectivity index (χ0) is 35.6. The van der Waals surface area contributed by atoms with E-state index in [4.69, 9.17) is 14.4 Å². The van der Waals surface area contributed by atoms with Crippen LogP contribution in [0.5, 0.6) is 0 Å². The molecule has 0 amide bonds. The number of hydrogen-bond donors (Lipinski definition) is 1. The molecular weight excluding hydrogens is 661 g/mol. The molecule has 254 valence electrons. The van der Waals surface area contributed by atoms with Gasteiger partial charge in [0.15, 0.2) is 5.84 Å². The number of nitrogens with zero attached hydrogens (tertiary/aromatic N) is 3. The van der Waals surface area contributed by atoms with Gasteiger partial charge in [-0.05, 0) is 82.1 Å². The third-order valence-corrected chi connectivity index (χ3v) is 10.6. The van der Waals surface area contributed by atoms with Crippen molar-refractivity contribution in [1.82, 2.24) is 9.88 Å². The van der Waals surface area contributed by atoms with E-state index in [2.05, 4.69) is 149 Å². The fraction of sp³-hybridized carbons (Fsp3) is 0.0204. The first kappa shape index (κ1) is 30.4. The highest BCUT2D eigenvalue weighted by molar-refractivity contribution is 6.16. The number of para-hydroxylation sites is 2. The zero-order valence-corrected chi connectivity index (χ0v) is 29.1. The first-order valence-electron chi connectivity index (χ1n) is 18.3. The summed E-state index contributed by atoms with van der Waals surface area (Å²) in [4.78, 5) is 10.2. The third kappa shape index (κ3) is 5.01. The van der Waals surface area contributed by atoms with Crippen LogP contribution in [0.3, 0.4) is 0 Å². The van der Waals surface area contributed by atoms with Gasteiger partial charge in [0.05, 0.1) is 11.0 Å². The highest BCUT2D eigenvalue weighted by Crippen LogP contribution is 2.36. The van der Waals surface area contributed by atoms with Gasteiger partial charge in [-0.1, -0.05) is 127 Å². The van der Waals surface area contributed by atoms with Crippen LogP contribution in [0.1, 0.15) is 22.9 Å². The van der Waals surface area contributed by atoms with Crippen molar-refractivity contribution in [2.45, 2.75) is 6.17 Å². The third-order valence-electron chi connectivity index (χ3n) is 10.6. The fourth-order valence-corrected chi connectivity index (χ4v) is 7.95. The summed E-state index contributed by atoms with van der Waals surface area (Å²) in [5.74, 6) is 1.47. The van der Waals surface area contributed by atoms with Gasteiger partial charge in [0.25, 0.3) is 0 Å². The van der Waals surface area contributed by atoms with Crippen LogP contribution in [0.2, 0.25) is 0 Å². The molecule has 3 heterocycles. The summed E-state index contributed by atoms with van der Waals surface area (Å²) < 4.78 is 8.49. The van der Waals surface area contributed by atoms with Gasteiger partial charge in [-0.25, -0.2) is 9.98 Å². The Bertz CT molecular complexity index is 3110. The van der Waals surface area contributed by atoms with Gasteiger partial charge < -0.3 is 14.3 Å². The summed E-state index contributed by atoms with van der Waals surface area (Å²) in [6.07, 6.45) is -0.281. The van der Waals surface area contributed by atoms with Gasteiger partial charge >= 0.3 is 0 Å². The Balaban J connectivity index is 0.945. The molecule has 1 aliphatic rings. The maximum absolute atomic E-state index is 6.11. The molecule has 54 heavy (non-hydrogen) atoms. The molecule has 11 rings (SSSR count). The van der Waals surface area contributed by atoms with Crippen molar-refractivity contribution >= 4 is 66.2 Å².